The maximum absolute atomic E-state index is 12.2. The van der Waals surface area contributed by atoms with Gasteiger partial charge in [-0.3, -0.25) is 9.11 Å². The summed E-state index contributed by atoms with van der Waals surface area (Å²) in [5, 5.41) is 7.30. The summed E-state index contributed by atoms with van der Waals surface area (Å²) in [7, 11) is -0.700. The summed E-state index contributed by atoms with van der Waals surface area (Å²) in [5.41, 5.74) is 2.58. The predicted molar refractivity (Wildman–Crippen MR) is 141 cm³/mol. The largest absolute Gasteiger partial charge is 0.357 e. The van der Waals surface area contributed by atoms with E-state index in [1.165, 1.54) is 11.1 Å². The lowest BCUT2D eigenvalue weighted by Crippen LogP contribution is -2.46. The number of guanidine groups is 1. The minimum atomic E-state index is -0.700. The number of hydrogen-bond donors (Lipinski definition) is 2. The van der Waals surface area contributed by atoms with Crippen LogP contribution in [0.2, 0.25) is 0 Å². The first-order valence-electron chi connectivity index (χ1n) is 11.3. The zero-order valence-corrected chi connectivity index (χ0v) is 22.3. The summed E-state index contributed by atoms with van der Waals surface area (Å²) >= 11 is 0. The van der Waals surface area contributed by atoms with E-state index in [4.69, 9.17) is 4.99 Å². The van der Waals surface area contributed by atoms with Gasteiger partial charge in [-0.25, -0.2) is 4.99 Å². The van der Waals surface area contributed by atoms with Crippen molar-refractivity contribution in [3.05, 3.63) is 35.4 Å². The van der Waals surface area contributed by atoms with Crippen LogP contribution in [0.4, 0.5) is 0 Å². The molecule has 0 heterocycles. The van der Waals surface area contributed by atoms with E-state index in [1.807, 2.05) is 6.92 Å². The molecule has 2 rings (SSSR count). The first-order valence-corrected chi connectivity index (χ1v) is 12.7. The molecule has 1 saturated carbocycles. The number of nitrogens with zero attached hydrogens (tertiary/aromatic N) is 2. The molecule has 3 unspecified atom stereocenters. The van der Waals surface area contributed by atoms with Gasteiger partial charge in [0, 0.05) is 40.9 Å². The molecule has 0 aliphatic heterocycles. The van der Waals surface area contributed by atoms with Crippen LogP contribution in [0.5, 0.6) is 0 Å². The second-order valence-electron chi connectivity index (χ2n) is 7.78. The van der Waals surface area contributed by atoms with Crippen LogP contribution in [-0.2, 0) is 23.9 Å². The van der Waals surface area contributed by atoms with E-state index in [0.29, 0.717) is 17.8 Å². The third kappa shape index (κ3) is 9.22. The summed E-state index contributed by atoms with van der Waals surface area (Å²) in [6.07, 6.45) is 4.33. The van der Waals surface area contributed by atoms with Crippen molar-refractivity contribution in [3.63, 3.8) is 0 Å². The second-order valence-corrected chi connectivity index (χ2v) is 9.78. The Hall–Kier alpha value is -0.670. The lowest BCUT2D eigenvalue weighted by Gasteiger charge is -2.30. The number of hydrogen-bond acceptors (Lipinski definition) is 3. The molecule has 2 N–H and O–H groups in total. The fourth-order valence-electron chi connectivity index (χ4n) is 3.97. The Morgan fingerprint density at radius 2 is 1.90 bits per heavy atom. The van der Waals surface area contributed by atoms with E-state index in [1.54, 1.807) is 0 Å². The van der Waals surface area contributed by atoms with Gasteiger partial charge in [0.05, 0.1) is 6.54 Å². The molecule has 30 heavy (non-hydrogen) atoms. The highest BCUT2D eigenvalue weighted by Crippen LogP contribution is 2.23. The van der Waals surface area contributed by atoms with Gasteiger partial charge in [-0.15, -0.1) is 24.0 Å². The minimum absolute atomic E-state index is 0. The molecule has 7 heteroatoms. The van der Waals surface area contributed by atoms with Gasteiger partial charge in [0.2, 0.25) is 0 Å². The van der Waals surface area contributed by atoms with Crippen molar-refractivity contribution in [2.75, 3.05) is 25.4 Å². The Balaban J connectivity index is 0.00000450. The molecule has 0 radical (unpaired) electrons. The lowest BCUT2D eigenvalue weighted by molar-refractivity contribution is 0.296. The van der Waals surface area contributed by atoms with Crippen molar-refractivity contribution in [1.29, 1.82) is 0 Å². The van der Waals surface area contributed by atoms with Gasteiger partial charge in [0.1, 0.15) is 0 Å². The zero-order chi connectivity index (χ0) is 21.1. The normalized spacial score (nSPS) is 20.5. The molecule has 3 atom stereocenters. The summed E-state index contributed by atoms with van der Waals surface area (Å²) in [5.74, 6) is 1.63. The van der Waals surface area contributed by atoms with E-state index in [9.17, 15) is 4.21 Å². The Morgan fingerprint density at radius 1 is 1.17 bits per heavy atom. The van der Waals surface area contributed by atoms with E-state index >= 15 is 0 Å². The molecular formula is C23H41IN4OS. The van der Waals surface area contributed by atoms with Gasteiger partial charge >= 0.3 is 0 Å². The third-order valence-electron chi connectivity index (χ3n) is 5.68. The van der Waals surface area contributed by atoms with Crippen LogP contribution in [0.1, 0.15) is 64.5 Å². The number of aliphatic imine (C=N–C) groups is 1. The standard InChI is InChI=1S/C23H40N4OS.HI/c1-5-24-23(26-21-13-10-14-22(16-21)29(28)8-4)25-17-19-11-9-12-20(15-19)18-27(6-2)7-3;/h9,11-12,15,21-22H,5-8,10,13-14,16-18H2,1-4H3,(H2,24,25,26);1H. The Morgan fingerprint density at radius 3 is 2.57 bits per heavy atom. The predicted octanol–water partition coefficient (Wildman–Crippen LogP) is 4.28. The number of nitrogens with one attached hydrogen (secondary N) is 2. The number of benzene rings is 1. The molecule has 0 spiro atoms. The van der Waals surface area contributed by atoms with Crippen molar-refractivity contribution in [1.82, 2.24) is 15.5 Å². The molecular weight excluding hydrogens is 507 g/mol. The molecule has 0 saturated heterocycles. The quantitative estimate of drug-likeness (QED) is 0.261. The van der Waals surface area contributed by atoms with Crippen molar-refractivity contribution < 1.29 is 4.21 Å². The van der Waals surface area contributed by atoms with Crippen LogP contribution >= 0.6 is 24.0 Å². The van der Waals surface area contributed by atoms with Crippen molar-refractivity contribution in [3.8, 4) is 0 Å². The molecule has 1 aromatic carbocycles. The smallest absolute Gasteiger partial charge is 0.191 e. The molecule has 5 nitrogen and oxygen atoms in total. The van der Waals surface area contributed by atoms with Gasteiger partial charge in [-0.05, 0) is 50.4 Å². The minimum Gasteiger partial charge on any atom is -0.357 e. The van der Waals surface area contributed by atoms with Crippen LogP contribution in [-0.4, -0.2) is 51.7 Å². The zero-order valence-electron chi connectivity index (χ0n) is 19.2. The highest BCUT2D eigenvalue weighted by Gasteiger charge is 2.26. The molecule has 1 aliphatic rings. The monoisotopic (exact) mass is 548 g/mol. The van der Waals surface area contributed by atoms with Crippen LogP contribution in [0.25, 0.3) is 0 Å². The highest BCUT2D eigenvalue weighted by molar-refractivity contribution is 14.0. The number of halogens is 1. The van der Waals surface area contributed by atoms with E-state index in [-0.39, 0.29) is 24.0 Å². The summed E-state index contributed by atoms with van der Waals surface area (Å²) in [6, 6.07) is 9.11. The molecule has 0 amide bonds. The van der Waals surface area contributed by atoms with Crippen molar-refractivity contribution in [2.45, 2.75) is 77.8 Å². The van der Waals surface area contributed by atoms with Gasteiger partial charge in [-0.1, -0.05) is 51.5 Å². The SMILES string of the molecule is CCNC(=NCc1cccc(CN(CC)CC)c1)NC1CCCC(S(=O)CC)C1.I. The molecule has 172 valence electrons. The third-order valence-corrected chi connectivity index (χ3v) is 7.42. The average molecular weight is 549 g/mol. The first-order chi connectivity index (χ1) is 14.1. The van der Waals surface area contributed by atoms with Crippen LogP contribution in [0.3, 0.4) is 0 Å². The summed E-state index contributed by atoms with van der Waals surface area (Å²) in [6.45, 7) is 13.2. The van der Waals surface area contributed by atoms with E-state index in [0.717, 1.165) is 63.6 Å². The van der Waals surface area contributed by atoms with Crippen LogP contribution < -0.4 is 10.6 Å². The molecule has 0 aromatic heterocycles. The molecule has 0 bridgehead atoms. The summed E-state index contributed by atoms with van der Waals surface area (Å²) < 4.78 is 12.2. The van der Waals surface area contributed by atoms with Gasteiger partial charge in [0.15, 0.2) is 5.96 Å². The summed E-state index contributed by atoms with van der Waals surface area (Å²) in [4.78, 5) is 7.26. The fraction of sp³-hybridized carbons (Fsp3) is 0.696. The fourth-order valence-corrected chi connectivity index (χ4v) is 5.31. The van der Waals surface area contributed by atoms with Gasteiger partial charge in [-0.2, -0.15) is 0 Å². The lowest BCUT2D eigenvalue weighted by atomic mass is 9.95. The van der Waals surface area contributed by atoms with Gasteiger partial charge in [0.25, 0.3) is 0 Å². The topological polar surface area (TPSA) is 56.7 Å². The molecule has 1 aliphatic carbocycles. The Kier molecular flexibility index (Phi) is 13.9. The van der Waals surface area contributed by atoms with Crippen LogP contribution in [0.15, 0.2) is 29.3 Å². The highest BCUT2D eigenvalue weighted by atomic mass is 127. The maximum atomic E-state index is 12.2. The van der Waals surface area contributed by atoms with Crippen LogP contribution in [0, 0.1) is 0 Å². The van der Waals surface area contributed by atoms with Crippen molar-refractivity contribution >= 4 is 40.7 Å². The average Bonchev–Trinajstić information content (AvgIpc) is 2.76. The van der Waals surface area contributed by atoms with Crippen molar-refractivity contribution in [2.24, 2.45) is 4.99 Å². The Bertz CT molecular complexity index is 666. The first kappa shape index (κ1) is 27.4. The molecule has 1 fully saturated rings. The number of rotatable bonds is 10. The van der Waals surface area contributed by atoms with Gasteiger partial charge < -0.3 is 10.6 Å². The van der Waals surface area contributed by atoms with E-state index < -0.39 is 10.8 Å². The second kappa shape index (κ2) is 15.2. The maximum Gasteiger partial charge on any atom is 0.191 e. The Labute approximate surface area is 203 Å². The molecule has 1 aromatic rings. The van der Waals surface area contributed by atoms with E-state index in [2.05, 4.69) is 60.6 Å².